The van der Waals surface area contributed by atoms with Crippen LogP contribution in [0, 0.1) is 6.92 Å². The molecule has 1 aromatic heterocycles. The van der Waals surface area contributed by atoms with E-state index in [1.165, 1.54) is 167 Å². The molecular weight excluding hydrogens is 691 g/mol. The Morgan fingerprint density at radius 3 is 1.30 bits per heavy atom. The molecule has 0 aliphatic rings. The number of rotatable bonds is 37. The molecular formula is C51H83NO4. The topological polar surface area (TPSA) is 57.7 Å². The van der Waals surface area contributed by atoms with Crippen molar-refractivity contribution in [2.24, 2.45) is 0 Å². The van der Waals surface area contributed by atoms with Crippen molar-refractivity contribution in [1.29, 1.82) is 0 Å². The van der Waals surface area contributed by atoms with Gasteiger partial charge in [0.15, 0.2) is 17.8 Å². The number of aryl methyl sites for hydroxylation is 1. The Morgan fingerprint density at radius 2 is 0.875 bits per heavy atom. The summed E-state index contributed by atoms with van der Waals surface area (Å²) in [6.45, 7) is 10.7. The first-order valence-electron chi connectivity index (χ1n) is 23.9. The van der Waals surface area contributed by atoms with E-state index in [1.807, 2.05) is 19.1 Å². The summed E-state index contributed by atoms with van der Waals surface area (Å²) in [7, 11) is 0. The third-order valence-corrected chi connectivity index (χ3v) is 11.5. The lowest BCUT2D eigenvalue weighted by atomic mass is 9.99. The van der Waals surface area contributed by atoms with E-state index in [4.69, 9.17) is 19.2 Å². The average molecular weight is 774 g/mol. The van der Waals surface area contributed by atoms with Crippen LogP contribution in [0.5, 0.6) is 17.2 Å². The number of carbonyl (C=O) groups excluding carboxylic acids is 1. The molecule has 0 fully saturated rings. The highest BCUT2D eigenvalue weighted by atomic mass is 16.5. The first-order chi connectivity index (χ1) is 27.6. The quantitative estimate of drug-likeness (QED) is 0.0332. The molecule has 3 rings (SSSR count). The van der Waals surface area contributed by atoms with E-state index in [9.17, 15) is 4.79 Å². The number of ether oxygens (including phenoxy) is 3. The Balaban J connectivity index is 1.74. The van der Waals surface area contributed by atoms with Crippen LogP contribution >= 0.6 is 0 Å². The van der Waals surface area contributed by atoms with E-state index in [0.29, 0.717) is 31.1 Å². The first-order valence-corrected chi connectivity index (χ1v) is 23.9. The second kappa shape index (κ2) is 31.2. The summed E-state index contributed by atoms with van der Waals surface area (Å²) < 4.78 is 20.2. The number of nitrogens with zero attached hydrogens (tertiary/aromatic N) is 1. The zero-order valence-corrected chi connectivity index (χ0v) is 36.8. The summed E-state index contributed by atoms with van der Waals surface area (Å²) in [5, 5.41) is 2.83. The molecule has 0 aliphatic heterocycles. The molecule has 1 heterocycles. The highest BCUT2D eigenvalue weighted by Crippen LogP contribution is 2.47. The SMILES string of the molecule is CCCCCCCCCCCCOc1cc2cc(C=O)c3nc(C)ccc3c2c(OCCCCCCCCCCCC)c1OCCCCCCCCCCCC. The number of carbonyl (C=O) groups is 1. The van der Waals surface area contributed by atoms with Gasteiger partial charge in [-0.05, 0) is 49.8 Å². The molecule has 0 radical (unpaired) electrons. The largest absolute Gasteiger partial charge is 0.490 e. The van der Waals surface area contributed by atoms with E-state index in [1.54, 1.807) is 0 Å². The monoisotopic (exact) mass is 774 g/mol. The van der Waals surface area contributed by atoms with Crippen molar-refractivity contribution in [2.45, 2.75) is 220 Å². The molecule has 2 aromatic carbocycles. The Morgan fingerprint density at radius 1 is 0.482 bits per heavy atom. The van der Waals surface area contributed by atoms with Gasteiger partial charge in [-0.15, -0.1) is 0 Å². The van der Waals surface area contributed by atoms with Gasteiger partial charge in [0, 0.05) is 22.0 Å². The number of aromatic nitrogens is 1. The molecule has 0 aliphatic carbocycles. The molecule has 0 amide bonds. The molecule has 0 atom stereocenters. The molecule has 5 nitrogen and oxygen atoms in total. The minimum absolute atomic E-state index is 0.594. The standard InChI is InChI=1S/C51H83NO4/c1-5-8-11-14-17-20-23-26-29-32-37-54-47-41-44-40-45(42-53)49-46(36-35-43(4)52-49)48(44)51(56-39-34-31-28-25-22-19-16-13-10-7-3)50(47)55-38-33-30-27-24-21-18-15-12-9-6-2/h35-36,40-42H,5-34,37-39H2,1-4H3. The van der Waals surface area contributed by atoms with Gasteiger partial charge in [0.1, 0.15) is 0 Å². The van der Waals surface area contributed by atoms with Crippen LogP contribution in [-0.4, -0.2) is 31.1 Å². The minimum Gasteiger partial charge on any atom is -0.490 e. The minimum atomic E-state index is 0.594. The maximum absolute atomic E-state index is 12.4. The van der Waals surface area contributed by atoms with Gasteiger partial charge < -0.3 is 14.2 Å². The molecule has 5 heteroatoms. The molecule has 316 valence electrons. The van der Waals surface area contributed by atoms with Gasteiger partial charge in [-0.1, -0.05) is 200 Å². The molecule has 0 saturated heterocycles. The van der Waals surface area contributed by atoms with Crippen molar-refractivity contribution in [3.05, 3.63) is 35.5 Å². The van der Waals surface area contributed by atoms with Crippen LogP contribution in [0.1, 0.15) is 229 Å². The second-order valence-corrected chi connectivity index (χ2v) is 16.7. The number of benzene rings is 2. The fraction of sp³-hybridized carbons (Fsp3) is 0.725. The Kier molecular flexibility index (Phi) is 26.5. The number of fused-ring (bicyclic) bond motifs is 3. The van der Waals surface area contributed by atoms with Gasteiger partial charge in [0.2, 0.25) is 5.75 Å². The third-order valence-electron chi connectivity index (χ3n) is 11.5. The van der Waals surface area contributed by atoms with Gasteiger partial charge in [-0.2, -0.15) is 0 Å². The van der Waals surface area contributed by atoms with Crippen LogP contribution in [0.3, 0.4) is 0 Å². The van der Waals surface area contributed by atoms with Crippen LogP contribution in [0.2, 0.25) is 0 Å². The molecule has 0 spiro atoms. The predicted octanol–water partition coefficient (Wildman–Crippen LogP) is 16.4. The summed E-state index contributed by atoms with van der Waals surface area (Å²) in [6.07, 6.45) is 39.5. The number of unbranched alkanes of at least 4 members (excludes halogenated alkanes) is 27. The van der Waals surface area contributed by atoms with E-state index in [2.05, 4.69) is 32.9 Å². The Labute approximate surface area is 343 Å². The normalized spacial score (nSPS) is 11.5. The fourth-order valence-electron chi connectivity index (χ4n) is 8.01. The second-order valence-electron chi connectivity index (χ2n) is 16.7. The molecule has 3 aromatic rings. The summed E-state index contributed by atoms with van der Waals surface area (Å²) in [4.78, 5) is 17.2. The number of aldehydes is 1. The van der Waals surface area contributed by atoms with Crippen molar-refractivity contribution in [3.63, 3.8) is 0 Å². The lowest BCUT2D eigenvalue weighted by Gasteiger charge is -2.21. The van der Waals surface area contributed by atoms with Gasteiger partial charge in [-0.3, -0.25) is 9.78 Å². The Hall–Kier alpha value is -2.82. The van der Waals surface area contributed by atoms with Crippen LogP contribution in [-0.2, 0) is 0 Å². The molecule has 0 N–H and O–H groups in total. The zero-order chi connectivity index (χ0) is 39.9. The third kappa shape index (κ3) is 18.6. The number of hydrogen-bond acceptors (Lipinski definition) is 5. The van der Waals surface area contributed by atoms with Crippen LogP contribution < -0.4 is 14.2 Å². The van der Waals surface area contributed by atoms with Crippen LogP contribution in [0.15, 0.2) is 24.3 Å². The van der Waals surface area contributed by atoms with Crippen molar-refractivity contribution < 1.29 is 19.0 Å². The molecule has 0 saturated carbocycles. The number of hydrogen-bond donors (Lipinski definition) is 0. The summed E-state index contributed by atoms with van der Waals surface area (Å²) >= 11 is 0. The van der Waals surface area contributed by atoms with E-state index in [0.717, 1.165) is 70.8 Å². The maximum Gasteiger partial charge on any atom is 0.204 e. The average Bonchev–Trinajstić information content (AvgIpc) is 3.20. The molecule has 0 unspecified atom stereocenters. The highest BCUT2D eigenvalue weighted by Gasteiger charge is 2.22. The van der Waals surface area contributed by atoms with Gasteiger partial charge >= 0.3 is 0 Å². The van der Waals surface area contributed by atoms with E-state index < -0.39 is 0 Å². The van der Waals surface area contributed by atoms with E-state index >= 15 is 0 Å². The Bertz CT molecular complexity index is 1450. The van der Waals surface area contributed by atoms with Gasteiger partial charge in [0.05, 0.1) is 25.3 Å². The molecule has 56 heavy (non-hydrogen) atoms. The highest BCUT2D eigenvalue weighted by molar-refractivity contribution is 6.15. The summed E-state index contributed by atoms with van der Waals surface area (Å²) in [5.41, 5.74) is 2.20. The zero-order valence-electron chi connectivity index (χ0n) is 36.8. The van der Waals surface area contributed by atoms with Crippen molar-refractivity contribution in [2.75, 3.05) is 19.8 Å². The van der Waals surface area contributed by atoms with Crippen LogP contribution in [0.4, 0.5) is 0 Å². The van der Waals surface area contributed by atoms with Crippen molar-refractivity contribution in [3.8, 4) is 17.2 Å². The van der Waals surface area contributed by atoms with Gasteiger partial charge in [-0.25, -0.2) is 0 Å². The summed E-state index contributed by atoms with van der Waals surface area (Å²) in [6, 6.07) is 8.17. The van der Waals surface area contributed by atoms with Crippen molar-refractivity contribution in [1.82, 2.24) is 4.98 Å². The molecule has 0 bridgehead atoms. The maximum atomic E-state index is 12.4. The first kappa shape index (κ1) is 47.6. The lowest BCUT2D eigenvalue weighted by Crippen LogP contribution is -2.07. The summed E-state index contributed by atoms with van der Waals surface area (Å²) in [5.74, 6) is 2.19. The van der Waals surface area contributed by atoms with Crippen LogP contribution in [0.25, 0.3) is 21.7 Å². The lowest BCUT2D eigenvalue weighted by molar-refractivity contribution is 0.112. The van der Waals surface area contributed by atoms with Crippen molar-refractivity contribution >= 4 is 28.0 Å². The van der Waals surface area contributed by atoms with E-state index in [-0.39, 0.29) is 0 Å². The van der Waals surface area contributed by atoms with Gasteiger partial charge in [0.25, 0.3) is 0 Å². The smallest absolute Gasteiger partial charge is 0.204 e. The fourth-order valence-corrected chi connectivity index (χ4v) is 8.01. The number of pyridine rings is 1. The predicted molar refractivity (Wildman–Crippen MR) is 241 cm³/mol.